The summed E-state index contributed by atoms with van der Waals surface area (Å²) in [7, 11) is 1.70. The Balaban J connectivity index is 4.28. The molecular weight excluding hydrogens is 371 g/mol. The molecule has 0 N–H and O–H groups in total. The van der Waals surface area contributed by atoms with E-state index in [0.717, 1.165) is 4.62 Å². The molecule has 3 nitrogen and oxygen atoms in total. The van der Waals surface area contributed by atoms with E-state index in [1.165, 1.54) is 51.8 Å². The molecule has 0 aliphatic rings. The van der Waals surface area contributed by atoms with Gasteiger partial charge in [-0.15, -0.1) is 0 Å². The summed E-state index contributed by atoms with van der Waals surface area (Å²) in [4.78, 5) is 0. The molecule has 0 unspecified atom stereocenters. The van der Waals surface area contributed by atoms with E-state index in [4.69, 9.17) is 14.2 Å². The first-order valence-corrected chi connectivity index (χ1v) is 17.0. The van der Waals surface area contributed by atoms with Gasteiger partial charge in [-0.05, 0) is 0 Å². The second-order valence-electron chi connectivity index (χ2n) is 6.18. The summed E-state index contributed by atoms with van der Waals surface area (Å²) in [5, 5.41) is 0. The standard InChI is InChI=1S/C5H11O3.3C4H9.Sn/c1-6-3-4-8-5-7-2;3*1-3-4-2;/h2-5H2,1H3;3*1,3-4H2,2H3;. The summed E-state index contributed by atoms with van der Waals surface area (Å²) in [6, 6.07) is 0. The van der Waals surface area contributed by atoms with E-state index in [-0.39, 0.29) is 0 Å². The van der Waals surface area contributed by atoms with Gasteiger partial charge in [0.15, 0.2) is 0 Å². The summed E-state index contributed by atoms with van der Waals surface area (Å²) in [5.41, 5.74) is 0. The molecule has 4 heteroatoms. The Bertz CT molecular complexity index is 190. The Morgan fingerprint density at radius 3 is 1.67 bits per heavy atom. The molecular formula is C17H38O3Sn. The fourth-order valence-electron chi connectivity index (χ4n) is 2.77. The Morgan fingerprint density at radius 2 is 1.24 bits per heavy atom. The first-order valence-electron chi connectivity index (χ1n) is 8.89. The van der Waals surface area contributed by atoms with Crippen LogP contribution < -0.4 is 0 Å². The van der Waals surface area contributed by atoms with Crippen molar-refractivity contribution in [3.8, 4) is 0 Å². The summed E-state index contributed by atoms with van der Waals surface area (Å²) < 4.78 is 22.0. The van der Waals surface area contributed by atoms with Gasteiger partial charge in [0.25, 0.3) is 0 Å². The third-order valence-corrected chi connectivity index (χ3v) is 18.6. The number of hydrogen-bond donors (Lipinski definition) is 0. The third kappa shape index (κ3) is 11.8. The first-order chi connectivity index (χ1) is 10.2. The van der Waals surface area contributed by atoms with E-state index in [1.807, 2.05) is 0 Å². The molecule has 0 fully saturated rings. The first kappa shape index (κ1) is 21.7. The average Bonchev–Trinajstić information content (AvgIpc) is 2.51. The van der Waals surface area contributed by atoms with Gasteiger partial charge in [0.2, 0.25) is 0 Å². The van der Waals surface area contributed by atoms with E-state index in [9.17, 15) is 0 Å². The van der Waals surface area contributed by atoms with Crippen LogP contribution in [0.3, 0.4) is 0 Å². The monoisotopic (exact) mass is 410 g/mol. The zero-order chi connectivity index (χ0) is 15.8. The Morgan fingerprint density at radius 1 is 0.714 bits per heavy atom. The van der Waals surface area contributed by atoms with Gasteiger partial charge in [-0.2, -0.15) is 0 Å². The van der Waals surface area contributed by atoms with Crippen LogP contribution in [0.1, 0.15) is 59.3 Å². The summed E-state index contributed by atoms with van der Waals surface area (Å²) in [6.45, 7) is 8.67. The van der Waals surface area contributed by atoms with Gasteiger partial charge in [-0.25, -0.2) is 0 Å². The minimum atomic E-state index is -2.09. The van der Waals surface area contributed by atoms with Gasteiger partial charge in [-0.3, -0.25) is 0 Å². The third-order valence-electron chi connectivity index (χ3n) is 4.19. The SMILES string of the molecule is CCC[CH2][Sn]([CH2]CCC)([CH2]CCC)[CH2]OCOCCOC. The maximum atomic E-state index is 5.95. The van der Waals surface area contributed by atoms with E-state index in [1.54, 1.807) is 7.11 Å². The minimum absolute atomic E-state index is 0.451. The molecule has 0 rings (SSSR count). The van der Waals surface area contributed by atoms with Crippen molar-refractivity contribution in [1.82, 2.24) is 0 Å². The molecule has 0 aromatic rings. The zero-order valence-electron chi connectivity index (χ0n) is 14.9. The van der Waals surface area contributed by atoms with Gasteiger partial charge < -0.3 is 0 Å². The van der Waals surface area contributed by atoms with Crippen molar-refractivity contribution in [3.63, 3.8) is 0 Å². The normalized spacial score (nSPS) is 12.0. The van der Waals surface area contributed by atoms with Crippen molar-refractivity contribution in [2.24, 2.45) is 0 Å². The van der Waals surface area contributed by atoms with Crippen molar-refractivity contribution < 1.29 is 14.2 Å². The zero-order valence-corrected chi connectivity index (χ0v) is 17.8. The fourth-order valence-corrected chi connectivity index (χ4v) is 17.1. The molecule has 21 heavy (non-hydrogen) atoms. The summed E-state index contributed by atoms with van der Waals surface area (Å²) in [6.07, 6.45) is 8.16. The molecule has 0 aliphatic heterocycles. The maximum absolute atomic E-state index is 5.95. The van der Waals surface area contributed by atoms with Gasteiger partial charge in [0, 0.05) is 0 Å². The summed E-state index contributed by atoms with van der Waals surface area (Å²) in [5.74, 6) is 0. The van der Waals surface area contributed by atoms with Crippen molar-refractivity contribution in [2.45, 2.75) is 72.6 Å². The van der Waals surface area contributed by atoms with Crippen LogP contribution in [0.4, 0.5) is 0 Å². The molecule has 0 amide bonds. The number of rotatable bonds is 16. The number of ether oxygens (including phenoxy) is 3. The van der Waals surface area contributed by atoms with Crippen LogP contribution in [-0.4, -0.2) is 50.1 Å². The predicted molar refractivity (Wildman–Crippen MR) is 93.5 cm³/mol. The molecule has 0 heterocycles. The molecule has 0 aromatic heterocycles. The van der Waals surface area contributed by atoms with Crippen molar-refractivity contribution in [3.05, 3.63) is 0 Å². The number of methoxy groups -OCH3 is 1. The molecule has 0 atom stereocenters. The van der Waals surface area contributed by atoms with Crippen molar-refractivity contribution in [2.75, 3.05) is 31.7 Å². The topological polar surface area (TPSA) is 27.7 Å². The average molecular weight is 409 g/mol. The Labute approximate surface area is 137 Å². The quantitative estimate of drug-likeness (QED) is 0.204. The Hall–Kier alpha value is 0.679. The number of unbranched alkanes of at least 4 members (excludes halogenated alkanes) is 3. The van der Waals surface area contributed by atoms with E-state index in [0.29, 0.717) is 20.0 Å². The van der Waals surface area contributed by atoms with Crippen LogP contribution in [0.15, 0.2) is 0 Å². The molecule has 0 aliphatic carbocycles. The van der Waals surface area contributed by atoms with Crippen LogP contribution >= 0.6 is 0 Å². The molecule has 0 spiro atoms. The van der Waals surface area contributed by atoms with Crippen molar-refractivity contribution >= 4 is 18.4 Å². The molecule has 0 bridgehead atoms. The van der Waals surface area contributed by atoms with Gasteiger partial charge >= 0.3 is 137 Å². The van der Waals surface area contributed by atoms with Gasteiger partial charge in [0.05, 0.1) is 0 Å². The molecule has 0 saturated carbocycles. The Kier molecular flexibility index (Phi) is 16.1. The molecule has 0 radical (unpaired) electrons. The van der Waals surface area contributed by atoms with Crippen LogP contribution in [-0.2, 0) is 14.2 Å². The van der Waals surface area contributed by atoms with Crippen LogP contribution in [0.2, 0.25) is 13.3 Å². The second-order valence-corrected chi connectivity index (χ2v) is 19.8. The molecule has 0 aromatic carbocycles. The van der Waals surface area contributed by atoms with Crippen molar-refractivity contribution in [1.29, 1.82) is 0 Å². The fraction of sp³-hybridized carbons (Fsp3) is 1.00. The number of hydrogen-bond acceptors (Lipinski definition) is 3. The summed E-state index contributed by atoms with van der Waals surface area (Å²) >= 11 is -2.09. The molecule has 128 valence electrons. The van der Waals surface area contributed by atoms with E-state index >= 15 is 0 Å². The van der Waals surface area contributed by atoms with Crippen LogP contribution in [0.25, 0.3) is 0 Å². The van der Waals surface area contributed by atoms with E-state index in [2.05, 4.69) is 20.8 Å². The van der Waals surface area contributed by atoms with Crippen LogP contribution in [0, 0.1) is 0 Å². The van der Waals surface area contributed by atoms with Gasteiger partial charge in [-0.1, -0.05) is 0 Å². The van der Waals surface area contributed by atoms with E-state index < -0.39 is 18.4 Å². The van der Waals surface area contributed by atoms with Crippen LogP contribution in [0.5, 0.6) is 0 Å². The second kappa shape index (κ2) is 15.6. The van der Waals surface area contributed by atoms with Gasteiger partial charge in [0.1, 0.15) is 0 Å². The molecule has 0 saturated heterocycles. The predicted octanol–water partition coefficient (Wildman–Crippen LogP) is 5.01.